The van der Waals surface area contributed by atoms with Crippen LogP contribution in [-0.4, -0.2) is 57.4 Å². The normalized spacial score (nSPS) is 10.5. The zero-order valence-electron chi connectivity index (χ0n) is 25.6. The summed E-state index contributed by atoms with van der Waals surface area (Å²) >= 11 is 0. The van der Waals surface area contributed by atoms with Gasteiger partial charge in [-0.25, -0.2) is 14.4 Å². The van der Waals surface area contributed by atoms with Crippen molar-refractivity contribution >= 4 is 30.0 Å². The van der Waals surface area contributed by atoms with Crippen molar-refractivity contribution in [2.45, 2.75) is 46.0 Å². The molecular formula is C34H40O10. The minimum atomic E-state index is -0.588. The maximum atomic E-state index is 12.3. The van der Waals surface area contributed by atoms with E-state index in [2.05, 4.69) is 17.9 Å². The van der Waals surface area contributed by atoms with Gasteiger partial charge >= 0.3 is 23.9 Å². The van der Waals surface area contributed by atoms with E-state index >= 15 is 0 Å². The first-order valence-corrected chi connectivity index (χ1v) is 14.2. The Labute approximate surface area is 258 Å². The van der Waals surface area contributed by atoms with E-state index in [4.69, 9.17) is 23.7 Å². The summed E-state index contributed by atoms with van der Waals surface area (Å²) in [4.78, 5) is 46.6. The summed E-state index contributed by atoms with van der Waals surface area (Å²) in [5.74, 6) is -0.378. The fourth-order valence-electron chi connectivity index (χ4n) is 3.58. The quantitative estimate of drug-likeness (QED) is 0.0644. The first-order valence-electron chi connectivity index (χ1n) is 14.2. The van der Waals surface area contributed by atoms with Gasteiger partial charge in [-0.2, -0.15) is 0 Å². The Bertz CT molecular complexity index is 1320. The topological polar surface area (TPSA) is 124 Å². The second-order valence-corrected chi connectivity index (χ2v) is 9.77. The molecule has 2 aromatic rings. The molecule has 0 bridgehead atoms. The van der Waals surface area contributed by atoms with Crippen LogP contribution in [0.25, 0.3) is 6.08 Å². The lowest BCUT2D eigenvalue weighted by atomic mass is 10.2. The van der Waals surface area contributed by atoms with E-state index in [1.807, 2.05) is 6.92 Å². The van der Waals surface area contributed by atoms with Crippen LogP contribution >= 0.6 is 0 Å². The van der Waals surface area contributed by atoms with Gasteiger partial charge in [-0.3, -0.25) is 4.79 Å². The number of unbranched alkanes of at least 4 members (excludes halogenated alkanes) is 3. The second-order valence-electron chi connectivity index (χ2n) is 9.77. The third-order valence-electron chi connectivity index (χ3n) is 5.99. The monoisotopic (exact) mass is 608 g/mol. The number of hydrogen-bond acceptors (Lipinski definition) is 10. The van der Waals surface area contributed by atoms with Crippen molar-refractivity contribution in [1.29, 1.82) is 0 Å². The van der Waals surface area contributed by atoms with Crippen LogP contribution in [0.4, 0.5) is 0 Å². The molecule has 0 unspecified atom stereocenters. The van der Waals surface area contributed by atoms with Crippen molar-refractivity contribution in [3.63, 3.8) is 0 Å². The summed E-state index contributed by atoms with van der Waals surface area (Å²) < 4.78 is 31.4. The van der Waals surface area contributed by atoms with E-state index in [1.54, 1.807) is 55.5 Å². The van der Waals surface area contributed by atoms with Gasteiger partial charge < -0.3 is 28.4 Å². The van der Waals surface area contributed by atoms with Crippen molar-refractivity contribution < 1.29 is 47.6 Å². The van der Waals surface area contributed by atoms with Crippen LogP contribution in [0.2, 0.25) is 0 Å². The molecule has 0 saturated carbocycles. The highest BCUT2D eigenvalue weighted by atomic mass is 16.6. The SMILES string of the molecule is C=C(C)C(=O)OCCOc1ccc(/C=C/C(=O)Oc2ccc(OCCCCCCOC(=O)C(=C)CC(=O)OC)c(C)c2)cc1. The van der Waals surface area contributed by atoms with Gasteiger partial charge in [0.2, 0.25) is 0 Å². The lowest BCUT2D eigenvalue weighted by Gasteiger charge is -2.11. The molecule has 0 spiro atoms. The molecule has 0 radical (unpaired) electrons. The Morgan fingerprint density at radius 3 is 2.09 bits per heavy atom. The number of esters is 4. The molecular weight excluding hydrogens is 568 g/mol. The molecule has 0 saturated heterocycles. The third-order valence-corrected chi connectivity index (χ3v) is 5.99. The van der Waals surface area contributed by atoms with E-state index in [0.717, 1.165) is 30.4 Å². The Kier molecular flexibility index (Phi) is 15.5. The summed E-state index contributed by atoms with van der Waals surface area (Å²) in [7, 11) is 1.25. The van der Waals surface area contributed by atoms with Crippen LogP contribution in [0.3, 0.4) is 0 Å². The maximum Gasteiger partial charge on any atom is 0.336 e. The first kappa shape index (κ1) is 35.3. The predicted octanol–water partition coefficient (Wildman–Crippen LogP) is 5.71. The summed E-state index contributed by atoms with van der Waals surface area (Å²) in [6.45, 7) is 11.6. The van der Waals surface area contributed by atoms with Gasteiger partial charge in [0.1, 0.15) is 30.5 Å². The lowest BCUT2D eigenvalue weighted by molar-refractivity contribution is -0.144. The zero-order valence-corrected chi connectivity index (χ0v) is 25.6. The Balaban J connectivity index is 1.64. The number of hydrogen-bond donors (Lipinski definition) is 0. The number of rotatable bonds is 19. The van der Waals surface area contributed by atoms with Gasteiger partial charge in [-0.15, -0.1) is 0 Å². The molecule has 0 fully saturated rings. The minimum Gasteiger partial charge on any atom is -0.493 e. The van der Waals surface area contributed by atoms with Gasteiger partial charge in [-0.05, 0) is 87.1 Å². The largest absolute Gasteiger partial charge is 0.493 e. The smallest absolute Gasteiger partial charge is 0.336 e. The number of carbonyl (C=O) groups excluding carboxylic acids is 4. The molecule has 0 aliphatic rings. The zero-order chi connectivity index (χ0) is 32.3. The lowest BCUT2D eigenvalue weighted by Crippen LogP contribution is -2.12. The summed E-state index contributed by atoms with van der Waals surface area (Å²) in [6, 6.07) is 12.3. The van der Waals surface area contributed by atoms with E-state index in [-0.39, 0.29) is 31.8 Å². The molecule has 236 valence electrons. The standard InChI is InChI=1S/C34H40O10/c1-24(2)33(37)43-21-20-40-28-13-10-27(11-14-28)12-17-31(35)44-29-15-16-30(25(3)22-29)41-18-8-6-7-9-19-42-34(38)26(4)23-32(36)39-5/h10-17,22H,1,4,6-9,18-21,23H2,2-3,5H3/b17-12+. The summed E-state index contributed by atoms with van der Waals surface area (Å²) in [6.07, 6.45) is 6.06. The maximum absolute atomic E-state index is 12.3. The van der Waals surface area contributed by atoms with E-state index < -0.39 is 23.9 Å². The Morgan fingerprint density at radius 1 is 0.773 bits per heavy atom. The van der Waals surface area contributed by atoms with Gasteiger partial charge in [0.05, 0.1) is 26.7 Å². The molecule has 44 heavy (non-hydrogen) atoms. The molecule has 0 amide bonds. The van der Waals surface area contributed by atoms with Crippen LogP contribution in [0.5, 0.6) is 17.2 Å². The minimum absolute atomic E-state index is 0.0743. The highest BCUT2D eigenvalue weighted by Gasteiger charge is 2.13. The number of benzene rings is 2. The van der Waals surface area contributed by atoms with Crippen molar-refractivity contribution in [2.75, 3.05) is 33.5 Å². The van der Waals surface area contributed by atoms with Gasteiger partial charge in [0.15, 0.2) is 0 Å². The highest BCUT2D eigenvalue weighted by Crippen LogP contribution is 2.24. The molecule has 0 N–H and O–H groups in total. The van der Waals surface area contributed by atoms with Crippen molar-refractivity contribution in [3.05, 3.63) is 84.0 Å². The van der Waals surface area contributed by atoms with Gasteiger partial charge in [-0.1, -0.05) is 25.3 Å². The summed E-state index contributed by atoms with van der Waals surface area (Å²) in [5, 5.41) is 0. The molecule has 2 aromatic carbocycles. The van der Waals surface area contributed by atoms with E-state index in [1.165, 1.54) is 13.2 Å². The van der Waals surface area contributed by atoms with Gasteiger partial charge in [0, 0.05) is 17.2 Å². The average Bonchev–Trinajstić information content (AvgIpc) is 3.00. The first-order chi connectivity index (χ1) is 21.1. The van der Waals surface area contributed by atoms with Crippen LogP contribution in [0.1, 0.15) is 50.2 Å². The highest BCUT2D eigenvalue weighted by molar-refractivity contribution is 5.93. The van der Waals surface area contributed by atoms with E-state index in [0.29, 0.717) is 35.8 Å². The number of methoxy groups -OCH3 is 1. The molecule has 0 heterocycles. The summed E-state index contributed by atoms with van der Waals surface area (Å²) in [5.41, 5.74) is 2.03. The van der Waals surface area contributed by atoms with Crippen molar-refractivity contribution in [3.8, 4) is 17.2 Å². The number of aryl methyl sites for hydroxylation is 1. The average molecular weight is 609 g/mol. The third kappa shape index (κ3) is 13.9. The van der Waals surface area contributed by atoms with Crippen molar-refractivity contribution in [2.24, 2.45) is 0 Å². The second kappa shape index (κ2) is 19.4. The molecule has 0 aliphatic heterocycles. The molecule has 0 atom stereocenters. The number of ether oxygens (including phenoxy) is 6. The van der Waals surface area contributed by atoms with Crippen LogP contribution in [-0.2, 0) is 33.4 Å². The molecule has 0 aromatic heterocycles. The van der Waals surface area contributed by atoms with Crippen LogP contribution in [0.15, 0.2) is 72.8 Å². The van der Waals surface area contributed by atoms with E-state index in [9.17, 15) is 19.2 Å². The molecule has 0 aliphatic carbocycles. The Hall–Kier alpha value is -4.86. The molecule has 10 heteroatoms. The Morgan fingerprint density at radius 2 is 1.43 bits per heavy atom. The fourth-order valence-corrected chi connectivity index (χ4v) is 3.58. The fraction of sp³-hybridized carbons (Fsp3) is 0.353. The predicted molar refractivity (Wildman–Crippen MR) is 164 cm³/mol. The van der Waals surface area contributed by atoms with Crippen molar-refractivity contribution in [1.82, 2.24) is 0 Å². The van der Waals surface area contributed by atoms with Crippen LogP contribution in [0, 0.1) is 6.92 Å². The number of carbonyl (C=O) groups is 4. The molecule has 10 nitrogen and oxygen atoms in total. The van der Waals surface area contributed by atoms with Crippen LogP contribution < -0.4 is 14.2 Å². The van der Waals surface area contributed by atoms with Gasteiger partial charge in [0.25, 0.3) is 0 Å². The molecule has 2 rings (SSSR count).